The third kappa shape index (κ3) is 4.77. The molecule has 14 nitrogen and oxygen atoms in total. The molecule has 0 spiro atoms. The average molecular weight is 503 g/mol. The van der Waals surface area contributed by atoms with E-state index >= 15 is 0 Å². The lowest BCUT2D eigenvalue weighted by atomic mass is 10.4. The Kier molecular flexibility index (Phi) is 7.16. The molecule has 4 aromatic rings. The van der Waals surface area contributed by atoms with Crippen molar-refractivity contribution in [3.63, 3.8) is 0 Å². The highest BCUT2D eigenvalue weighted by Crippen LogP contribution is 2.23. The van der Waals surface area contributed by atoms with Crippen LogP contribution >= 0.6 is 11.8 Å². The molecule has 4 heterocycles. The smallest absolute Gasteiger partial charge is 0.332 e. The van der Waals surface area contributed by atoms with Crippen molar-refractivity contribution in [1.29, 1.82) is 0 Å². The van der Waals surface area contributed by atoms with Gasteiger partial charge in [0, 0.05) is 34.3 Å². The number of aromatic nitrogens is 8. The van der Waals surface area contributed by atoms with Crippen LogP contribution in [0.25, 0.3) is 22.2 Å². The number of carbonyl (C=O) groups is 1. The second-order valence-electron chi connectivity index (χ2n) is 7.68. The Morgan fingerprint density at radius 2 is 1.94 bits per heavy atom. The van der Waals surface area contributed by atoms with Crippen LogP contribution in [0.15, 0.2) is 27.3 Å². The van der Waals surface area contributed by atoms with E-state index in [9.17, 15) is 14.4 Å². The number of methoxy groups -OCH3 is 1. The molecular weight excluding hydrogens is 476 g/mol. The number of fused-ring (bicyclic) bond motifs is 2. The molecular formula is C20H26N10O4S. The number of carbonyl (C=O) groups excluding carboxylic acids is 1. The highest BCUT2D eigenvalue weighted by Gasteiger charge is 2.16. The topological polar surface area (TPSA) is 156 Å². The van der Waals surface area contributed by atoms with E-state index in [4.69, 9.17) is 4.74 Å². The van der Waals surface area contributed by atoms with E-state index in [1.807, 2.05) is 6.26 Å². The van der Waals surface area contributed by atoms with Gasteiger partial charge in [-0.05, 0) is 6.26 Å². The van der Waals surface area contributed by atoms with E-state index in [0.29, 0.717) is 42.9 Å². The Morgan fingerprint density at radius 1 is 1.14 bits per heavy atom. The number of anilines is 1. The number of hydrogen-bond acceptors (Lipinski definition) is 10. The first-order valence-electron chi connectivity index (χ1n) is 10.7. The molecule has 0 radical (unpaired) electrons. The van der Waals surface area contributed by atoms with Gasteiger partial charge in [0.05, 0.1) is 31.1 Å². The van der Waals surface area contributed by atoms with Gasteiger partial charge in [-0.25, -0.2) is 24.4 Å². The Balaban J connectivity index is 1.46. The lowest BCUT2D eigenvalue weighted by molar-refractivity contribution is -0.121. The van der Waals surface area contributed by atoms with Gasteiger partial charge in [0.15, 0.2) is 22.0 Å². The van der Waals surface area contributed by atoms with E-state index in [0.717, 1.165) is 9.95 Å². The van der Waals surface area contributed by atoms with Crippen molar-refractivity contribution in [2.75, 3.05) is 38.4 Å². The lowest BCUT2D eigenvalue weighted by Gasteiger charge is -2.10. The zero-order valence-electron chi connectivity index (χ0n) is 19.8. The van der Waals surface area contributed by atoms with Gasteiger partial charge in [0.2, 0.25) is 5.91 Å². The SMILES string of the molecule is COCCNc1nc(SC)nc2c1cnn2CCNC(=O)Cn1cnc2c1c(=O)n(C)c(=O)n2C. The van der Waals surface area contributed by atoms with E-state index in [1.54, 1.807) is 18.0 Å². The summed E-state index contributed by atoms with van der Waals surface area (Å²) in [4.78, 5) is 50.4. The molecule has 0 aliphatic carbocycles. The first kappa shape index (κ1) is 24.4. The molecule has 35 heavy (non-hydrogen) atoms. The van der Waals surface area contributed by atoms with Gasteiger partial charge in [-0.15, -0.1) is 0 Å². The minimum absolute atomic E-state index is 0.115. The first-order chi connectivity index (χ1) is 16.8. The number of amides is 1. The predicted molar refractivity (Wildman–Crippen MR) is 131 cm³/mol. The summed E-state index contributed by atoms with van der Waals surface area (Å²) in [5.74, 6) is 0.368. The van der Waals surface area contributed by atoms with Crippen LogP contribution in [0, 0.1) is 0 Å². The summed E-state index contributed by atoms with van der Waals surface area (Å²) >= 11 is 1.42. The van der Waals surface area contributed by atoms with Crippen LogP contribution in [0.1, 0.15) is 0 Å². The maximum absolute atomic E-state index is 12.6. The maximum Gasteiger partial charge on any atom is 0.332 e. The summed E-state index contributed by atoms with van der Waals surface area (Å²) in [6, 6.07) is 0. The van der Waals surface area contributed by atoms with Crippen molar-refractivity contribution in [2.45, 2.75) is 18.2 Å². The average Bonchev–Trinajstić information content (AvgIpc) is 3.46. The molecule has 15 heteroatoms. The monoisotopic (exact) mass is 502 g/mol. The largest absolute Gasteiger partial charge is 0.383 e. The van der Waals surface area contributed by atoms with Crippen molar-refractivity contribution in [3.05, 3.63) is 33.4 Å². The van der Waals surface area contributed by atoms with Crippen LogP contribution < -0.4 is 21.9 Å². The highest BCUT2D eigenvalue weighted by atomic mass is 32.2. The molecule has 0 aromatic carbocycles. The van der Waals surface area contributed by atoms with Crippen LogP contribution in [0.5, 0.6) is 0 Å². The molecule has 186 valence electrons. The van der Waals surface area contributed by atoms with E-state index in [2.05, 4.69) is 30.7 Å². The van der Waals surface area contributed by atoms with Gasteiger partial charge in [0.1, 0.15) is 12.4 Å². The van der Waals surface area contributed by atoms with Crippen molar-refractivity contribution in [3.8, 4) is 0 Å². The standard InChI is InChI=1S/C20H26N10O4S/c1-27-17-14(18(32)28(2)20(27)33)29(11-23-17)10-13(31)21-5-7-30-16-12(9-24-30)15(22-6-8-34-3)25-19(26-16)35-4/h9,11H,5-8,10H2,1-4H3,(H,21,31)(H,22,25,26). The fraction of sp³-hybridized carbons (Fsp3) is 0.450. The van der Waals surface area contributed by atoms with Crippen LogP contribution in [0.3, 0.4) is 0 Å². The number of imidazole rings is 1. The lowest BCUT2D eigenvalue weighted by Crippen LogP contribution is -2.38. The minimum Gasteiger partial charge on any atom is -0.383 e. The number of rotatable bonds is 10. The third-order valence-corrected chi connectivity index (χ3v) is 5.98. The molecule has 0 fully saturated rings. The molecule has 0 saturated carbocycles. The van der Waals surface area contributed by atoms with E-state index < -0.39 is 11.2 Å². The van der Waals surface area contributed by atoms with Crippen LogP contribution in [-0.2, 0) is 36.7 Å². The quantitative estimate of drug-likeness (QED) is 0.159. The Bertz CT molecular complexity index is 1500. The Hall–Kier alpha value is -3.72. The summed E-state index contributed by atoms with van der Waals surface area (Å²) in [6.07, 6.45) is 4.96. The fourth-order valence-electron chi connectivity index (χ4n) is 3.63. The summed E-state index contributed by atoms with van der Waals surface area (Å²) in [5.41, 5.74) is 0.0963. The van der Waals surface area contributed by atoms with Gasteiger partial charge < -0.3 is 19.9 Å². The number of nitrogens with zero attached hydrogens (tertiary/aromatic N) is 8. The molecule has 0 saturated heterocycles. The minimum atomic E-state index is -0.504. The Morgan fingerprint density at radius 3 is 2.69 bits per heavy atom. The number of ether oxygens (including phenoxy) is 1. The Labute approximate surface area is 203 Å². The van der Waals surface area contributed by atoms with Crippen molar-refractivity contribution >= 4 is 45.7 Å². The number of nitrogens with one attached hydrogen (secondary N) is 2. The van der Waals surface area contributed by atoms with Crippen LogP contribution in [0.4, 0.5) is 5.82 Å². The third-order valence-electron chi connectivity index (χ3n) is 5.43. The van der Waals surface area contributed by atoms with Crippen LogP contribution in [0.2, 0.25) is 0 Å². The molecule has 0 bridgehead atoms. The molecule has 1 amide bonds. The highest BCUT2D eigenvalue weighted by molar-refractivity contribution is 7.98. The molecule has 2 N–H and O–H groups in total. The normalized spacial score (nSPS) is 11.4. The summed E-state index contributed by atoms with van der Waals surface area (Å²) in [5, 5.41) is 11.8. The molecule has 0 atom stereocenters. The second-order valence-corrected chi connectivity index (χ2v) is 8.46. The molecule has 4 aromatic heterocycles. The number of hydrogen-bond donors (Lipinski definition) is 2. The van der Waals surface area contributed by atoms with Gasteiger partial charge in [-0.1, -0.05) is 11.8 Å². The predicted octanol–water partition coefficient (Wildman–Crippen LogP) is -0.830. The van der Waals surface area contributed by atoms with Gasteiger partial charge in [0.25, 0.3) is 5.56 Å². The van der Waals surface area contributed by atoms with E-state index in [-0.39, 0.29) is 23.6 Å². The van der Waals surface area contributed by atoms with Gasteiger partial charge in [-0.2, -0.15) is 5.10 Å². The van der Waals surface area contributed by atoms with Gasteiger partial charge >= 0.3 is 5.69 Å². The zero-order valence-corrected chi connectivity index (χ0v) is 20.6. The molecule has 0 aliphatic heterocycles. The van der Waals surface area contributed by atoms with Gasteiger partial charge in [-0.3, -0.25) is 18.7 Å². The van der Waals surface area contributed by atoms with Crippen LogP contribution in [-0.4, -0.2) is 77.4 Å². The van der Waals surface area contributed by atoms with Crippen molar-refractivity contribution in [2.24, 2.45) is 14.1 Å². The summed E-state index contributed by atoms with van der Waals surface area (Å²) in [6.45, 7) is 1.70. The second kappa shape index (κ2) is 10.3. The molecule has 4 rings (SSSR count). The summed E-state index contributed by atoms with van der Waals surface area (Å²) in [7, 11) is 4.55. The maximum atomic E-state index is 12.6. The fourth-order valence-corrected chi connectivity index (χ4v) is 3.99. The molecule has 0 unspecified atom stereocenters. The molecule has 0 aliphatic rings. The van der Waals surface area contributed by atoms with Crippen molar-refractivity contribution in [1.82, 2.24) is 43.8 Å². The number of thioether (sulfide) groups is 1. The number of aryl methyl sites for hydroxylation is 1. The summed E-state index contributed by atoms with van der Waals surface area (Å²) < 4.78 is 10.5. The first-order valence-corrected chi connectivity index (χ1v) is 12.0. The van der Waals surface area contributed by atoms with E-state index in [1.165, 1.54) is 41.3 Å². The van der Waals surface area contributed by atoms with Crippen molar-refractivity contribution < 1.29 is 9.53 Å². The zero-order chi connectivity index (χ0) is 25.1.